The predicted molar refractivity (Wildman–Crippen MR) is 57.4 cm³/mol. The lowest BCUT2D eigenvalue weighted by atomic mass is 10.3. The molecule has 0 aromatic carbocycles. The summed E-state index contributed by atoms with van der Waals surface area (Å²) >= 11 is 2.16. The molecule has 0 atom stereocenters. The number of hydrogen-bond acceptors (Lipinski definition) is 4. The number of aliphatic hydroxyl groups is 1. The molecule has 0 bridgehead atoms. The molecule has 2 N–H and O–H groups in total. The van der Waals surface area contributed by atoms with Gasteiger partial charge in [0.2, 0.25) is 5.95 Å². The molecule has 5 heteroatoms. The molecule has 1 saturated carbocycles. The van der Waals surface area contributed by atoms with Crippen molar-refractivity contribution in [3.8, 4) is 0 Å². The summed E-state index contributed by atoms with van der Waals surface area (Å²) < 4.78 is 1.01. The number of aromatic nitrogens is 2. The zero-order chi connectivity index (χ0) is 9.31. The van der Waals surface area contributed by atoms with Gasteiger partial charge in [-0.1, -0.05) is 0 Å². The average Bonchev–Trinajstić information content (AvgIpc) is 2.90. The van der Waals surface area contributed by atoms with Gasteiger partial charge in [0, 0.05) is 16.0 Å². The minimum atomic E-state index is -0.132. The van der Waals surface area contributed by atoms with Crippen LogP contribution in [0.4, 0.5) is 5.95 Å². The third-order valence-electron chi connectivity index (χ3n) is 2.15. The topological polar surface area (TPSA) is 58.0 Å². The van der Waals surface area contributed by atoms with Crippen LogP contribution in [0.25, 0.3) is 0 Å². The summed E-state index contributed by atoms with van der Waals surface area (Å²) in [6.07, 6.45) is 5.50. The van der Waals surface area contributed by atoms with Gasteiger partial charge in [0.15, 0.2) is 0 Å². The SMILES string of the molecule is OCC1(Nc2ncc(I)cn2)CC1. The minimum absolute atomic E-state index is 0.132. The Bertz CT molecular complexity index is 297. The molecule has 0 unspecified atom stereocenters. The minimum Gasteiger partial charge on any atom is -0.394 e. The van der Waals surface area contributed by atoms with Crippen molar-refractivity contribution >= 4 is 28.5 Å². The Balaban J connectivity index is 2.06. The Morgan fingerprint density at radius 1 is 1.46 bits per heavy atom. The molecule has 13 heavy (non-hydrogen) atoms. The molecule has 2 rings (SSSR count). The summed E-state index contributed by atoms with van der Waals surface area (Å²) in [5, 5.41) is 12.2. The van der Waals surface area contributed by atoms with E-state index in [1.54, 1.807) is 12.4 Å². The van der Waals surface area contributed by atoms with Crippen molar-refractivity contribution in [3.63, 3.8) is 0 Å². The van der Waals surface area contributed by atoms with E-state index in [4.69, 9.17) is 5.11 Å². The standard InChI is InChI=1S/C8H10IN3O/c9-6-3-10-7(11-4-6)12-8(5-13)1-2-8/h3-4,13H,1-2,5H2,(H,10,11,12). The fourth-order valence-electron chi connectivity index (χ4n) is 1.09. The molecule has 4 nitrogen and oxygen atoms in total. The number of nitrogens with zero attached hydrogens (tertiary/aromatic N) is 2. The monoisotopic (exact) mass is 291 g/mol. The average molecular weight is 291 g/mol. The molecule has 70 valence electrons. The van der Waals surface area contributed by atoms with Crippen LogP contribution in [0, 0.1) is 3.57 Å². The zero-order valence-corrected chi connectivity index (χ0v) is 9.15. The zero-order valence-electron chi connectivity index (χ0n) is 7.00. The molecule has 1 heterocycles. The molecule has 1 aromatic heterocycles. The van der Waals surface area contributed by atoms with E-state index in [-0.39, 0.29) is 12.1 Å². The number of rotatable bonds is 3. The molecule has 0 radical (unpaired) electrons. The number of hydrogen-bond donors (Lipinski definition) is 2. The van der Waals surface area contributed by atoms with Gasteiger partial charge in [-0.25, -0.2) is 9.97 Å². The molecule has 0 aliphatic heterocycles. The van der Waals surface area contributed by atoms with Crippen LogP contribution >= 0.6 is 22.6 Å². The smallest absolute Gasteiger partial charge is 0.223 e. The molecule has 1 aliphatic carbocycles. The molecule has 0 spiro atoms. The summed E-state index contributed by atoms with van der Waals surface area (Å²) in [4.78, 5) is 8.22. The van der Waals surface area contributed by atoms with E-state index in [9.17, 15) is 0 Å². The maximum atomic E-state index is 9.05. The van der Waals surface area contributed by atoms with E-state index in [0.717, 1.165) is 16.4 Å². The molecule has 0 amide bonds. The normalized spacial score (nSPS) is 18.3. The molecule has 1 fully saturated rings. The molecule has 0 saturated heterocycles. The van der Waals surface area contributed by atoms with Crippen LogP contribution in [0.5, 0.6) is 0 Å². The lowest BCUT2D eigenvalue weighted by Gasteiger charge is -2.13. The van der Waals surface area contributed by atoms with E-state index in [2.05, 4.69) is 37.9 Å². The quantitative estimate of drug-likeness (QED) is 0.816. The number of anilines is 1. The first-order chi connectivity index (χ1) is 6.24. The molecular weight excluding hydrogens is 281 g/mol. The number of nitrogens with one attached hydrogen (secondary N) is 1. The Labute approximate surface area is 89.9 Å². The summed E-state index contributed by atoms with van der Waals surface area (Å²) in [7, 11) is 0. The summed E-state index contributed by atoms with van der Waals surface area (Å²) in [6, 6.07) is 0. The summed E-state index contributed by atoms with van der Waals surface area (Å²) in [5.41, 5.74) is -0.132. The van der Waals surface area contributed by atoms with Gasteiger partial charge in [-0.2, -0.15) is 0 Å². The van der Waals surface area contributed by atoms with Gasteiger partial charge in [0.25, 0.3) is 0 Å². The predicted octanol–water partition coefficient (Wildman–Crippen LogP) is 1.02. The highest BCUT2D eigenvalue weighted by Crippen LogP contribution is 2.37. The van der Waals surface area contributed by atoms with Crippen molar-refractivity contribution in [2.24, 2.45) is 0 Å². The fourth-order valence-corrected chi connectivity index (χ4v) is 1.37. The second kappa shape index (κ2) is 3.38. The van der Waals surface area contributed by atoms with Gasteiger partial charge in [-0.05, 0) is 35.4 Å². The van der Waals surface area contributed by atoms with E-state index in [0.29, 0.717) is 5.95 Å². The maximum Gasteiger partial charge on any atom is 0.223 e. The van der Waals surface area contributed by atoms with E-state index in [1.165, 1.54) is 0 Å². The van der Waals surface area contributed by atoms with Crippen LogP contribution in [0.2, 0.25) is 0 Å². The lowest BCUT2D eigenvalue weighted by Crippen LogP contribution is -2.26. The van der Waals surface area contributed by atoms with Crippen LogP contribution in [-0.4, -0.2) is 27.2 Å². The maximum absolute atomic E-state index is 9.05. The van der Waals surface area contributed by atoms with Crippen LogP contribution < -0.4 is 5.32 Å². The Morgan fingerprint density at radius 3 is 2.54 bits per heavy atom. The number of halogens is 1. The van der Waals surface area contributed by atoms with Gasteiger partial charge in [-0.15, -0.1) is 0 Å². The lowest BCUT2D eigenvalue weighted by molar-refractivity contribution is 0.265. The highest BCUT2D eigenvalue weighted by Gasteiger charge is 2.42. The van der Waals surface area contributed by atoms with E-state index in [1.807, 2.05) is 0 Å². The van der Waals surface area contributed by atoms with E-state index < -0.39 is 0 Å². The first-order valence-corrected chi connectivity index (χ1v) is 5.19. The van der Waals surface area contributed by atoms with Crippen LogP contribution in [0.3, 0.4) is 0 Å². The van der Waals surface area contributed by atoms with Gasteiger partial charge in [0.1, 0.15) is 0 Å². The van der Waals surface area contributed by atoms with Crippen molar-refractivity contribution in [1.29, 1.82) is 0 Å². The number of aliphatic hydroxyl groups excluding tert-OH is 1. The summed E-state index contributed by atoms with van der Waals surface area (Å²) in [5.74, 6) is 0.604. The van der Waals surface area contributed by atoms with Crippen molar-refractivity contribution in [2.75, 3.05) is 11.9 Å². The Hall–Kier alpha value is -0.430. The Morgan fingerprint density at radius 2 is 2.08 bits per heavy atom. The third kappa shape index (κ3) is 2.08. The van der Waals surface area contributed by atoms with Crippen LogP contribution in [0.15, 0.2) is 12.4 Å². The summed E-state index contributed by atoms with van der Waals surface area (Å²) in [6.45, 7) is 0.155. The van der Waals surface area contributed by atoms with Crippen LogP contribution in [0.1, 0.15) is 12.8 Å². The van der Waals surface area contributed by atoms with Gasteiger partial charge < -0.3 is 10.4 Å². The third-order valence-corrected chi connectivity index (χ3v) is 2.71. The molecular formula is C8H10IN3O. The van der Waals surface area contributed by atoms with E-state index >= 15 is 0 Å². The first kappa shape index (κ1) is 9.14. The van der Waals surface area contributed by atoms with Crippen molar-refractivity contribution in [2.45, 2.75) is 18.4 Å². The highest BCUT2D eigenvalue weighted by molar-refractivity contribution is 14.1. The fraction of sp³-hybridized carbons (Fsp3) is 0.500. The van der Waals surface area contributed by atoms with Crippen molar-refractivity contribution in [3.05, 3.63) is 16.0 Å². The van der Waals surface area contributed by atoms with Gasteiger partial charge >= 0.3 is 0 Å². The Kier molecular flexibility index (Phi) is 2.37. The van der Waals surface area contributed by atoms with Crippen molar-refractivity contribution in [1.82, 2.24) is 9.97 Å². The molecule has 1 aromatic rings. The highest BCUT2D eigenvalue weighted by atomic mass is 127. The second-order valence-corrected chi connectivity index (χ2v) is 4.53. The van der Waals surface area contributed by atoms with Crippen molar-refractivity contribution < 1.29 is 5.11 Å². The van der Waals surface area contributed by atoms with Gasteiger partial charge in [0.05, 0.1) is 12.1 Å². The first-order valence-electron chi connectivity index (χ1n) is 4.11. The van der Waals surface area contributed by atoms with Gasteiger partial charge in [-0.3, -0.25) is 0 Å². The van der Waals surface area contributed by atoms with Crippen LogP contribution in [-0.2, 0) is 0 Å². The molecule has 1 aliphatic rings. The second-order valence-electron chi connectivity index (χ2n) is 3.29. The largest absolute Gasteiger partial charge is 0.394 e.